The van der Waals surface area contributed by atoms with Gasteiger partial charge in [0, 0.05) is 5.56 Å². The topological polar surface area (TPSA) is 9.23 Å². The molecule has 152 valence electrons. The summed E-state index contributed by atoms with van der Waals surface area (Å²) >= 11 is 6.32. The highest BCUT2D eigenvalue weighted by atomic mass is 35.5. The Morgan fingerprint density at radius 2 is 1.68 bits per heavy atom. The average Bonchev–Trinajstić information content (AvgIpc) is 2.72. The summed E-state index contributed by atoms with van der Waals surface area (Å²) in [6.45, 7) is 4.87. The molecule has 0 radical (unpaired) electrons. The van der Waals surface area contributed by atoms with E-state index >= 15 is 0 Å². The molecule has 1 aliphatic rings. The lowest BCUT2D eigenvalue weighted by Gasteiger charge is -2.28. The van der Waals surface area contributed by atoms with Gasteiger partial charge in [-0.1, -0.05) is 69.0 Å². The fraction of sp³-hybridized carbons (Fsp3) is 0.520. The van der Waals surface area contributed by atoms with Crippen molar-refractivity contribution < 1.29 is 9.13 Å². The quantitative estimate of drug-likeness (QED) is 0.402. The number of ether oxygens (including phenoxy) is 1. The van der Waals surface area contributed by atoms with E-state index in [4.69, 9.17) is 16.3 Å². The van der Waals surface area contributed by atoms with Crippen LogP contribution in [0.1, 0.15) is 76.7 Å². The molecule has 3 rings (SSSR count). The van der Waals surface area contributed by atoms with Crippen LogP contribution in [0.4, 0.5) is 4.39 Å². The summed E-state index contributed by atoms with van der Waals surface area (Å²) in [4.78, 5) is 0. The van der Waals surface area contributed by atoms with Crippen molar-refractivity contribution in [2.45, 2.75) is 71.1 Å². The molecule has 0 N–H and O–H groups in total. The number of hydrogen-bond acceptors (Lipinski definition) is 1. The molecule has 0 unspecified atom stereocenters. The summed E-state index contributed by atoms with van der Waals surface area (Å²) < 4.78 is 20.1. The van der Waals surface area contributed by atoms with E-state index in [2.05, 4.69) is 38.1 Å². The molecule has 0 saturated heterocycles. The minimum atomic E-state index is -0.464. The van der Waals surface area contributed by atoms with Crippen LogP contribution >= 0.6 is 11.6 Å². The van der Waals surface area contributed by atoms with Crippen LogP contribution in [0.2, 0.25) is 5.02 Å². The molecule has 0 heterocycles. The van der Waals surface area contributed by atoms with Gasteiger partial charge in [-0.25, -0.2) is 4.39 Å². The molecule has 1 fully saturated rings. The second-order valence-corrected chi connectivity index (χ2v) is 8.45. The summed E-state index contributed by atoms with van der Waals surface area (Å²) in [5.74, 6) is 1.35. The van der Waals surface area contributed by atoms with Gasteiger partial charge in [-0.2, -0.15) is 0 Å². The van der Waals surface area contributed by atoms with Crippen molar-refractivity contribution in [3.8, 4) is 16.9 Å². The van der Waals surface area contributed by atoms with Crippen LogP contribution in [0, 0.1) is 11.7 Å². The number of hydrogen-bond donors (Lipinski definition) is 0. The van der Waals surface area contributed by atoms with E-state index in [-0.39, 0.29) is 10.8 Å². The van der Waals surface area contributed by atoms with Gasteiger partial charge in [0.2, 0.25) is 0 Å². The minimum absolute atomic E-state index is 0.141. The van der Waals surface area contributed by atoms with E-state index in [1.54, 1.807) is 6.07 Å². The van der Waals surface area contributed by atoms with Crippen LogP contribution in [0.3, 0.4) is 0 Å². The molecule has 0 spiro atoms. The van der Waals surface area contributed by atoms with E-state index in [0.29, 0.717) is 12.5 Å². The summed E-state index contributed by atoms with van der Waals surface area (Å²) in [5, 5.41) is 0.141. The highest BCUT2D eigenvalue weighted by Gasteiger charge is 2.22. The number of benzene rings is 2. The zero-order chi connectivity index (χ0) is 19.9. The van der Waals surface area contributed by atoms with Crippen LogP contribution in [0.5, 0.6) is 5.75 Å². The van der Waals surface area contributed by atoms with Gasteiger partial charge >= 0.3 is 0 Å². The predicted molar refractivity (Wildman–Crippen MR) is 117 cm³/mol. The van der Waals surface area contributed by atoms with Crippen molar-refractivity contribution in [3.05, 3.63) is 52.8 Å². The fourth-order valence-corrected chi connectivity index (χ4v) is 4.59. The monoisotopic (exact) mass is 402 g/mol. The van der Waals surface area contributed by atoms with Gasteiger partial charge in [0.25, 0.3) is 0 Å². The molecule has 2 aromatic rings. The van der Waals surface area contributed by atoms with E-state index in [1.165, 1.54) is 44.1 Å². The Hall–Kier alpha value is -1.54. The first-order chi connectivity index (χ1) is 13.6. The Bertz CT molecular complexity index is 748. The number of rotatable bonds is 8. The minimum Gasteiger partial charge on any atom is -0.490 e. The SMILES string of the molecule is CCCCOc1ccc(-c2ccc(C3CCC(CCC)CC3)cc2)c(Cl)c1F. The molecule has 28 heavy (non-hydrogen) atoms. The molecule has 0 amide bonds. The van der Waals surface area contributed by atoms with Crippen LogP contribution in [-0.4, -0.2) is 6.61 Å². The largest absolute Gasteiger partial charge is 0.490 e. The molecule has 1 nitrogen and oxygen atoms in total. The maximum absolute atomic E-state index is 14.6. The average molecular weight is 403 g/mol. The van der Waals surface area contributed by atoms with Crippen molar-refractivity contribution in [1.29, 1.82) is 0 Å². The highest BCUT2D eigenvalue weighted by Crippen LogP contribution is 2.39. The first-order valence-electron chi connectivity index (χ1n) is 10.8. The fourth-order valence-electron chi connectivity index (χ4n) is 4.32. The number of halogens is 2. The molecule has 1 aliphatic carbocycles. The van der Waals surface area contributed by atoms with Crippen LogP contribution in [-0.2, 0) is 0 Å². The smallest absolute Gasteiger partial charge is 0.184 e. The second kappa shape index (κ2) is 10.3. The molecule has 0 aromatic heterocycles. The van der Waals surface area contributed by atoms with Crippen molar-refractivity contribution in [3.63, 3.8) is 0 Å². The molecule has 3 heteroatoms. The van der Waals surface area contributed by atoms with Gasteiger partial charge in [0.15, 0.2) is 11.6 Å². The lowest BCUT2D eigenvalue weighted by Crippen LogP contribution is -2.13. The van der Waals surface area contributed by atoms with Gasteiger partial charge in [0.05, 0.1) is 11.6 Å². The van der Waals surface area contributed by atoms with Crippen molar-refractivity contribution >= 4 is 11.6 Å². The third-order valence-corrected chi connectivity index (χ3v) is 6.41. The zero-order valence-corrected chi connectivity index (χ0v) is 17.9. The summed E-state index contributed by atoms with van der Waals surface area (Å²) in [6.07, 6.45) is 9.83. The Kier molecular flexibility index (Phi) is 7.79. The van der Waals surface area contributed by atoms with E-state index in [9.17, 15) is 4.39 Å². The lowest BCUT2D eigenvalue weighted by atomic mass is 9.77. The van der Waals surface area contributed by atoms with Gasteiger partial charge in [-0.15, -0.1) is 0 Å². The van der Waals surface area contributed by atoms with E-state index < -0.39 is 5.82 Å². The maximum atomic E-state index is 14.6. The zero-order valence-electron chi connectivity index (χ0n) is 17.1. The molecule has 2 aromatic carbocycles. The van der Waals surface area contributed by atoms with E-state index in [1.807, 2.05) is 6.07 Å². The third-order valence-electron chi connectivity index (χ3n) is 6.04. The third kappa shape index (κ3) is 5.08. The maximum Gasteiger partial charge on any atom is 0.184 e. The van der Waals surface area contributed by atoms with Crippen molar-refractivity contribution in [2.75, 3.05) is 6.61 Å². The summed E-state index contributed by atoms with van der Waals surface area (Å²) in [5.41, 5.74) is 3.07. The van der Waals surface area contributed by atoms with E-state index in [0.717, 1.165) is 29.9 Å². The van der Waals surface area contributed by atoms with Gasteiger partial charge < -0.3 is 4.74 Å². The Balaban J connectivity index is 1.69. The van der Waals surface area contributed by atoms with Gasteiger partial charge in [-0.3, -0.25) is 0 Å². The highest BCUT2D eigenvalue weighted by molar-refractivity contribution is 6.33. The lowest BCUT2D eigenvalue weighted by molar-refractivity contribution is 0.294. The first kappa shape index (κ1) is 21.2. The van der Waals surface area contributed by atoms with Crippen LogP contribution in [0.25, 0.3) is 11.1 Å². The Morgan fingerprint density at radius 3 is 2.32 bits per heavy atom. The Labute approximate surface area is 174 Å². The second-order valence-electron chi connectivity index (χ2n) is 8.07. The van der Waals surface area contributed by atoms with Crippen LogP contribution in [0.15, 0.2) is 36.4 Å². The molecular formula is C25H32ClFO. The van der Waals surface area contributed by atoms with Gasteiger partial charge in [0.1, 0.15) is 0 Å². The Morgan fingerprint density at radius 1 is 0.964 bits per heavy atom. The first-order valence-corrected chi connectivity index (χ1v) is 11.2. The predicted octanol–water partition coefficient (Wildman–Crippen LogP) is 8.40. The molecule has 0 bridgehead atoms. The van der Waals surface area contributed by atoms with Crippen molar-refractivity contribution in [1.82, 2.24) is 0 Å². The standard InChI is InChI=1S/C25H32ClFO/c1-3-5-17-28-23-16-15-22(24(26)25(23)27)21-13-11-20(12-14-21)19-9-7-18(6-4-2)8-10-19/h11-16,18-19H,3-10,17H2,1-2H3. The summed E-state index contributed by atoms with van der Waals surface area (Å²) in [7, 11) is 0. The van der Waals surface area contributed by atoms with Gasteiger partial charge in [-0.05, 0) is 67.2 Å². The number of unbranched alkanes of at least 4 members (excludes halogenated alkanes) is 1. The molecule has 0 atom stereocenters. The summed E-state index contributed by atoms with van der Waals surface area (Å²) in [6, 6.07) is 12.1. The van der Waals surface area contributed by atoms with Crippen LogP contribution < -0.4 is 4.74 Å². The molecule has 0 aliphatic heterocycles. The van der Waals surface area contributed by atoms with Crippen molar-refractivity contribution in [2.24, 2.45) is 5.92 Å². The normalized spacial score (nSPS) is 19.6. The molecular weight excluding hydrogens is 371 g/mol. The molecule has 1 saturated carbocycles.